The van der Waals surface area contributed by atoms with Crippen molar-refractivity contribution in [1.29, 1.82) is 0 Å². The molecule has 0 bridgehead atoms. The Bertz CT molecular complexity index is 727. The van der Waals surface area contributed by atoms with Gasteiger partial charge in [0.25, 0.3) is 5.91 Å². The highest BCUT2D eigenvalue weighted by Crippen LogP contribution is 2.41. The first-order chi connectivity index (χ1) is 12.4. The van der Waals surface area contributed by atoms with Gasteiger partial charge >= 0.3 is 5.97 Å². The molecule has 3 rings (SSSR count). The smallest absolute Gasteiger partial charge is 0.307 e. The zero-order chi connectivity index (χ0) is 18.8. The number of hydrogen-bond acceptors (Lipinski definition) is 4. The molecule has 1 fully saturated rings. The van der Waals surface area contributed by atoms with Gasteiger partial charge in [-0.3, -0.25) is 14.4 Å². The third kappa shape index (κ3) is 3.63. The molecular weight excluding hydrogens is 352 g/mol. The van der Waals surface area contributed by atoms with E-state index in [0.29, 0.717) is 29.3 Å². The second kappa shape index (κ2) is 7.78. The van der Waals surface area contributed by atoms with Gasteiger partial charge in [0, 0.05) is 4.88 Å². The van der Waals surface area contributed by atoms with Gasteiger partial charge in [-0.2, -0.15) is 0 Å². The van der Waals surface area contributed by atoms with E-state index in [-0.39, 0.29) is 5.91 Å². The summed E-state index contributed by atoms with van der Waals surface area (Å²) in [4.78, 5) is 37.4. The number of rotatable bonds is 5. The maximum atomic E-state index is 12.8. The fourth-order valence-electron chi connectivity index (χ4n) is 4.30. The summed E-state index contributed by atoms with van der Waals surface area (Å²) in [6.45, 7) is 2.16. The monoisotopic (exact) mass is 378 g/mol. The van der Waals surface area contributed by atoms with Gasteiger partial charge in [0.1, 0.15) is 5.00 Å². The fourth-order valence-corrected chi connectivity index (χ4v) is 5.67. The number of carboxylic acid groups (broad SMARTS) is 1. The molecule has 0 aliphatic heterocycles. The number of amides is 2. The topological polar surface area (TPSA) is 109 Å². The average Bonchev–Trinajstić information content (AvgIpc) is 2.98. The average molecular weight is 378 g/mol. The molecule has 2 aliphatic carbocycles. The first kappa shape index (κ1) is 18.9. The van der Waals surface area contributed by atoms with E-state index >= 15 is 0 Å². The summed E-state index contributed by atoms with van der Waals surface area (Å²) < 4.78 is 0. The predicted octanol–water partition coefficient (Wildman–Crippen LogP) is 3.19. The SMILES string of the molecule is CCC1CCc2c(sc(NC(=O)C3CCCCC3C(=O)O)c2C(N)=O)C1. The van der Waals surface area contributed by atoms with Crippen molar-refractivity contribution in [2.45, 2.75) is 58.3 Å². The first-order valence-electron chi connectivity index (χ1n) is 9.40. The highest BCUT2D eigenvalue weighted by Gasteiger charge is 2.37. The molecule has 1 aromatic rings. The molecule has 0 spiro atoms. The van der Waals surface area contributed by atoms with Crippen molar-refractivity contribution in [1.82, 2.24) is 0 Å². The standard InChI is InChI=1S/C19H26N2O4S/c1-2-10-7-8-13-14(9-10)26-18(15(13)16(20)22)21-17(23)11-5-3-4-6-12(11)19(24)25/h10-12H,2-9H2,1H3,(H2,20,22)(H,21,23)(H,24,25). The summed E-state index contributed by atoms with van der Waals surface area (Å²) in [6.07, 6.45) is 6.61. The summed E-state index contributed by atoms with van der Waals surface area (Å²) in [7, 11) is 0. The van der Waals surface area contributed by atoms with Crippen LogP contribution in [0.1, 0.15) is 66.2 Å². The van der Waals surface area contributed by atoms with Crippen LogP contribution in [-0.2, 0) is 22.4 Å². The molecule has 0 aromatic carbocycles. The van der Waals surface area contributed by atoms with Crippen LogP contribution in [0.15, 0.2) is 0 Å². The molecule has 2 aliphatic rings. The maximum Gasteiger partial charge on any atom is 0.307 e. The van der Waals surface area contributed by atoms with E-state index in [1.165, 1.54) is 11.3 Å². The second-order valence-electron chi connectivity index (χ2n) is 7.41. The van der Waals surface area contributed by atoms with Crippen LogP contribution < -0.4 is 11.1 Å². The van der Waals surface area contributed by atoms with Gasteiger partial charge in [0.15, 0.2) is 0 Å². The van der Waals surface area contributed by atoms with Crippen LogP contribution in [0, 0.1) is 17.8 Å². The largest absolute Gasteiger partial charge is 0.481 e. The van der Waals surface area contributed by atoms with Crippen LogP contribution in [0.5, 0.6) is 0 Å². The third-order valence-corrected chi connectivity index (χ3v) is 7.02. The Hall–Kier alpha value is -1.89. The Kier molecular flexibility index (Phi) is 5.65. The number of nitrogens with one attached hydrogen (secondary N) is 1. The second-order valence-corrected chi connectivity index (χ2v) is 8.52. The summed E-state index contributed by atoms with van der Waals surface area (Å²) in [6, 6.07) is 0. The molecule has 3 atom stereocenters. The van der Waals surface area contributed by atoms with Gasteiger partial charge in [-0.15, -0.1) is 11.3 Å². The number of primary amides is 1. The van der Waals surface area contributed by atoms with Crippen LogP contribution in [0.25, 0.3) is 0 Å². The number of thiophene rings is 1. The molecule has 6 nitrogen and oxygen atoms in total. The molecule has 7 heteroatoms. The lowest BCUT2D eigenvalue weighted by Crippen LogP contribution is -2.36. The van der Waals surface area contributed by atoms with E-state index in [1.807, 2.05) is 0 Å². The van der Waals surface area contributed by atoms with Gasteiger partial charge in [-0.25, -0.2) is 0 Å². The van der Waals surface area contributed by atoms with E-state index in [9.17, 15) is 19.5 Å². The molecule has 1 saturated carbocycles. The zero-order valence-corrected chi connectivity index (χ0v) is 15.9. The van der Waals surface area contributed by atoms with Crippen molar-refractivity contribution in [2.75, 3.05) is 5.32 Å². The van der Waals surface area contributed by atoms with Crippen molar-refractivity contribution < 1.29 is 19.5 Å². The van der Waals surface area contributed by atoms with Crippen LogP contribution >= 0.6 is 11.3 Å². The Labute approximate surface area is 157 Å². The molecule has 0 radical (unpaired) electrons. The fraction of sp³-hybridized carbons (Fsp3) is 0.632. The quantitative estimate of drug-likeness (QED) is 0.731. The number of aliphatic carboxylic acids is 1. The number of carbonyl (C=O) groups is 3. The number of nitrogens with two attached hydrogens (primary N) is 1. The first-order valence-corrected chi connectivity index (χ1v) is 10.2. The van der Waals surface area contributed by atoms with E-state index in [4.69, 9.17) is 5.73 Å². The van der Waals surface area contributed by atoms with Gasteiger partial charge in [0.05, 0.1) is 17.4 Å². The normalized spacial score (nSPS) is 25.3. The third-order valence-electron chi connectivity index (χ3n) is 5.85. The minimum absolute atomic E-state index is 0.301. The number of carboxylic acids is 1. The number of carbonyl (C=O) groups excluding carboxylic acids is 2. The molecule has 4 N–H and O–H groups in total. The predicted molar refractivity (Wildman–Crippen MR) is 100 cm³/mol. The summed E-state index contributed by atoms with van der Waals surface area (Å²) in [5.74, 6) is -2.35. The van der Waals surface area contributed by atoms with Gasteiger partial charge < -0.3 is 16.2 Å². The minimum Gasteiger partial charge on any atom is -0.481 e. The Balaban J connectivity index is 1.85. The lowest BCUT2D eigenvalue weighted by molar-refractivity contribution is -0.147. The molecule has 1 heterocycles. The Morgan fingerprint density at radius 3 is 2.50 bits per heavy atom. The van der Waals surface area contributed by atoms with Crippen molar-refractivity contribution in [2.24, 2.45) is 23.5 Å². The number of hydrogen-bond donors (Lipinski definition) is 3. The van der Waals surface area contributed by atoms with Crippen LogP contribution in [0.3, 0.4) is 0 Å². The highest BCUT2D eigenvalue weighted by molar-refractivity contribution is 7.17. The summed E-state index contributed by atoms with van der Waals surface area (Å²) in [5.41, 5.74) is 7.00. The molecule has 1 aromatic heterocycles. The van der Waals surface area contributed by atoms with Crippen LogP contribution in [0.2, 0.25) is 0 Å². The highest BCUT2D eigenvalue weighted by atomic mass is 32.1. The zero-order valence-electron chi connectivity index (χ0n) is 15.0. The van der Waals surface area contributed by atoms with Gasteiger partial charge in [-0.05, 0) is 43.6 Å². The van der Waals surface area contributed by atoms with Gasteiger partial charge in [0.2, 0.25) is 5.91 Å². The van der Waals surface area contributed by atoms with E-state index < -0.39 is 23.7 Å². The molecule has 26 heavy (non-hydrogen) atoms. The number of anilines is 1. The van der Waals surface area contributed by atoms with Crippen molar-refractivity contribution in [3.63, 3.8) is 0 Å². The molecule has 2 amide bonds. The van der Waals surface area contributed by atoms with Gasteiger partial charge in [-0.1, -0.05) is 26.2 Å². The van der Waals surface area contributed by atoms with Crippen LogP contribution in [-0.4, -0.2) is 22.9 Å². The lowest BCUT2D eigenvalue weighted by atomic mass is 9.78. The van der Waals surface area contributed by atoms with Crippen molar-refractivity contribution >= 4 is 34.1 Å². The van der Waals surface area contributed by atoms with Crippen molar-refractivity contribution in [3.05, 3.63) is 16.0 Å². The molecule has 3 unspecified atom stereocenters. The minimum atomic E-state index is -0.920. The molecule has 0 saturated heterocycles. The van der Waals surface area contributed by atoms with E-state index in [2.05, 4.69) is 12.2 Å². The summed E-state index contributed by atoms with van der Waals surface area (Å²) >= 11 is 1.43. The van der Waals surface area contributed by atoms with Crippen molar-refractivity contribution in [3.8, 4) is 0 Å². The summed E-state index contributed by atoms with van der Waals surface area (Å²) in [5, 5.41) is 12.8. The van der Waals surface area contributed by atoms with E-state index in [1.54, 1.807) is 0 Å². The Morgan fingerprint density at radius 1 is 1.19 bits per heavy atom. The Morgan fingerprint density at radius 2 is 1.88 bits per heavy atom. The maximum absolute atomic E-state index is 12.8. The number of fused-ring (bicyclic) bond motifs is 1. The van der Waals surface area contributed by atoms with E-state index in [0.717, 1.165) is 49.0 Å². The molecule has 142 valence electrons. The van der Waals surface area contributed by atoms with Crippen LogP contribution in [0.4, 0.5) is 5.00 Å². The molecular formula is C19H26N2O4S. The lowest BCUT2D eigenvalue weighted by Gasteiger charge is -2.27.